The lowest BCUT2D eigenvalue weighted by Gasteiger charge is -2.28. The second-order valence-corrected chi connectivity index (χ2v) is 8.97. The van der Waals surface area contributed by atoms with Crippen LogP contribution in [0.15, 0.2) is 48.5 Å². The summed E-state index contributed by atoms with van der Waals surface area (Å²) in [6, 6.07) is 12.7. The van der Waals surface area contributed by atoms with Crippen molar-refractivity contribution in [3.63, 3.8) is 0 Å². The van der Waals surface area contributed by atoms with Gasteiger partial charge in [-0.15, -0.1) is 0 Å². The Balaban J connectivity index is 1.41. The number of rotatable bonds is 7. The van der Waals surface area contributed by atoms with Gasteiger partial charge in [-0.1, -0.05) is 37.3 Å². The zero-order valence-electron chi connectivity index (χ0n) is 20.3. The van der Waals surface area contributed by atoms with E-state index in [1.54, 1.807) is 19.1 Å². The molecule has 0 heterocycles. The van der Waals surface area contributed by atoms with E-state index < -0.39 is 40.9 Å². The number of benzene rings is 3. The fourth-order valence-electron chi connectivity index (χ4n) is 4.71. The van der Waals surface area contributed by atoms with Gasteiger partial charge in [0.1, 0.15) is 0 Å². The van der Waals surface area contributed by atoms with E-state index in [1.165, 1.54) is 24.3 Å². The molecule has 0 spiro atoms. The molecular weight excluding hydrogens is 472 g/mol. The molecular formula is C29H28F4O3. The quantitative estimate of drug-likeness (QED) is 0.189. The lowest BCUT2D eigenvalue weighted by molar-refractivity contribution is -0.140. The second kappa shape index (κ2) is 11.1. The zero-order valence-corrected chi connectivity index (χ0v) is 20.3. The van der Waals surface area contributed by atoms with E-state index in [1.807, 2.05) is 19.1 Å². The predicted molar refractivity (Wildman–Crippen MR) is 129 cm³/mol. The van der Waals surface area contributed by atoms with Crippen molar-refractivity contribution in [2.75, 3.05) is 6.61 Å². The molecule has 0 bridgehead atoms. The van der Waals surface area contributed by atoms with E-state index in [0.717, 1.165) is 12.0 Å². The number of carbonyl (C=O) groups excluding carboxylic acids is 1. The molecule has 190 valence electrons. The van der Waals surface area contributed by atoms with Gasteiger partial charge < -0.3 is 9.47 Å². The minimum Gasteiger partial charge on any atom is -0.491 e. The maximum atomic E-state index is 14.8. The number of esters is 1. The van der Waals surface area contributed by atoms with Crippen LogP contribution in [0.5, 0.6) is 11.5 Å². The van der Waals surface area contributed by atoms with Crippen LogP contribution in [0.2, 0.25) is 0 Å². The van der Waals surface area contributed by atoms with Crippen molar-refractivity contribution in [1.29, 1.82) is 0 Å². The minimum atomic E-state index is -1.22. The average Bonchev–Trinajstić information content (AvgIpc) is 2.90. The normalized spacial score (nSPS) is 17.6. The molecule has 3 aromatic rings. The van der Waals surface area contributed by atoms with Crippen LogP contribution < -0.4 is 9.47 Å². The summed E-state index contributed by atoms with van der Waals surface area (Å²) in [4.78, 5) is 12.7. The maximum absolute atomic E-state index is 14.8. The first-order valence-corrected chi connectivity index (χ1v) is 12.2. The van der Waals surface area contributed by atoms with Crippen LogP contribution in [-0.4, -0.2) is 12.6 Å². The molecule has 7 heteroatoms. The monoisotopic (exact) mass is 500 g/mol. The number of hydrogen-bond acceptors (Lipinski definition) is 3. The van der Waals surface area contributed by atoms with Crippen LogP contribution in [0, 0.1) is 29.2 Å². The molecule has 1 fully saturated rings. The summed E-state index contributed by atoms with van der Waals surface area (Å²) in [5.74, 6) is -6.31. The van der Waals surface area contributed by atoms with Gasteiger partial charge in [0.25, 0.3) is 0 Å². The van der Waals surface area contributed by atoms with Crippen LogP contribution >= 0.6 is 0 Å². The molecule has 0 saturated heterocycles. The fraction of sp³-hybridized carbons (Fsp3) is 0.345. The Morgan fingerprint density at radius 2 is 1.42 bits per heavy atom. The molecule has 0 aliphatic heterocycles. The van der Waals surface area contributed by atoms with Crippen molar-refractivity contribution in [3.05, 3.63) is 82.9 Å². The lowest BCUT2D eigenvalue weighted by Crippen LogP contribution is -2.26. The van der Waals surface area contributed by atoms with Crippen molar-refractivity contribution < 1.29 is 31.8 Å². The van der Waals surface area contributed by atoms with Gasteiger partial charge >= 0.3 is 5.97 Å². The number of halogens is 4. The van der Waals surface area contributed by atoms with Crippen LogP contribution in [-0.2, 0) is 11.2 Å². The maximum Gasteiger partial charge on any atom is 0.314 e. The summed E-state index contributed by atoms with van der Waals surface area (Å²) in [6.45, 7) is 3.91. The van der Waals surface area contributed by atoms with Gasteiger partial charge in [0.15, 0.2) is 23.1 Å². The van der Waals surface area contributed by atoms with E-state index in [-0.39, 0.29) is 29.4 Å². The SMILES string of the molecule is CCOc1ccc(C2CCC(C(=O)Oc3ccc(-c4ccc(CC)cc4)c(F)c3F)CC2)c(F)c1F. The van der Waals surface area contributed by atoms with Gasteiger partial charge in [0.2, 0.25) is 11.6 Å². The summed E-state index contributed by atoms with van der Waals surface area (Å²) >= 11 is 0. The molecule has 1 aliphatic rings. The van der Waals surface area contributed by atoms with Crippen LogP contribution in [0.1, 0.15) is 56.6 Å². The van der Waals surface area contributed by atoms with E-state index in [9.17, 15) is 22.4 Å². The Labute approximate surface area is 208 Å². The molecule has 3 nitrogen and oxygen atoms in total. The van der Waals surface area contributed by atoms with Crippen molar-refractivity contribution in [1.82, 2.24) is 0 Å². The number of hydrogen-bond donors (Lipinski definition) is 0. The zero-order chi connectivity index (χ0) is 25.8. The number of ether oxygens (including phenoxy) is 2. The van der Waals surface area contributed by atoms with E-state index in [2.05, 4.69) is 0 Å². The summed E-state index contributed by atoms with van der Waals surface area (Å²) in [6.07, 6.45) is 2.44. The molecule has 1 saturated carbocycles. The standard InChI is InChI=1S/C29H28F4O3/c1-3-17-5-7-18(8-6-17)22-14-16-24(28(33)26(22)31)36-29(34)20-11-9-19(10-12-20)21-13-15-23(35-4-2)27(32)25(21)30/h5-8,13-16,19-20H,3-4,9-12H2,1-2H3. The van der Waals surface area contributed by atoms with Gasteiger partial charge in [-0.05, 0) is 79.8 Å². The Morgan fingerprint density at radius 3 is 2.06 bits per heavy atom. The second-order valence-electron chi connectivity index (χ2n) is 8.97. The predicted octanol–water partition coefficient (Wildman–Crippen LogP) is 7.75. The summed E-state index contributed by atoms with van der Waals surface area (Å²) < 4.78 is 68.6. The molecule has 0 N–H and O–H groups in total. The number of carbonyl (C=O) groups is 1. The molecule has 3 aromatic carbocycles. The van der Waals surface area contributed by atoms with Gasteiger partial charge in [0.05, 0.1) is 12.5 Å². The highest BCUT2D eigenvalue weighted by Gasteiger charge is 2.31. The van der Waals surface area contributed by atoms with Crippen LogP contribution in [0.4, 0.5) is 17.6 Å². The number of aryl methyl sites for hydroxylation is 1. The topological polar surface area (TPSA) is 35.5 Å². The summed E-state index contributed by atoms with van der Waals surface area (Å²) in [5.41, 5.74) is 1.94. The molecule has 0 atom stereocenters. The highest BCUT2D eigenvalue weighted by molar-refractivity contribution is 5.76. The molecule has 1 aliphatic carbocycles. The third-order valence-corrected chi connectivity index (χ3v) is 6.81. The van der Waals surface area contributed by atoms with Gasteiger partial charge in [-0.25, -0.2) is 8.78 Å². The minimum absolute atomic E-state index is 0.0834. The Hall–Kier alpha value is -3.35. The smallest absolute Gasteiger partial charge is 0.314 e. The van der Waals surface area contributed by atoms with Gasteiger partial charge in [-0.3, -0.25) is 4.79 Å². The van der Waals surface area contributed by atoms with Crippen molar-refractivity contribution in [2.45, 2.75) is 51.9 Å². The molecule has 4 rings (SSSR count). The van der Waals surface area contributed by atoms with Gasteiger partial charge in [0, 0.05) is 5.56 Å². The Morgan fingerprint density at radius 1 is 0.778 bits per heavy atom. The van der Waals surface area contributed by atoms with E-state index >= 15 is 0 Å². The third kappa shape index (κ3) is 5.25. The first kappa shape index (κ1) is 25.7. The summed E-state index contributed by atoms with van der Waals surface area (Å²) in [5, 5.41) is 0. The summed E-state index contributed by atoms with van der Waals surface area (Å²) in [7, 11) is 0. The molecule has 0 unspecified atom stereocenters. The fourth-order valence-corrected chi connectivity index (χ4v) is 4.71. The Bertz CT molecular complexity index is 1230. The molecule has 0 amide bonds. The van der Waals surface area contributed by atoms with Crippen molar-refractivity contribution in [3.8, 4) is 22.6 Å². The molecule has 0 aromatic heterocycles. The van der Waals surface area contributed by atoms with E-state index in [4.69, 9.17) is 9.47 Å². The Kier molecular flexibility index (Phi) is 7.97. The largest absolute Gasteiger partial charge is 0.491 e. The first-order valence-electron chi connectivity index (χ1n) is 12.2. The molecule has 0 radical (unpaired) electrons. The highest BCUT2D eigenvalue weighted by atomic mass is 19.2. The first-order chi connectivity index (χ1) is 17.3. The third-order valence-electron chi connectivity index (χ3n) is 6.81. The van der Waals surface area contributed by atoms with Crippen molar-refractivity contribution in [2.24, 2.45) is 5.92 Å². The van der Waals surface area contributed by atoms with Crippen LogP contribution in [0.3, 0.4) is 0 Å². The van der Waals surface area contributed by atoms with Crippen molar-refractivity contribution >= 4 is 5.97 Å². The van der Waals surface area contributed by atoms with Gasteiger partial charge in [-0.2, -0.15) is 8.78 Å². The van der Waals surface area contributed by atoms with Crippen LogP contribution in [0.25, 0.3) is 11.1 Å². The molecule has 36 heavy (non-hydrogen) atoms. The van der Waals surface area contributed by atoms with E-state index in [0.29, 0.717) is 31.2 Å². The lowest BCUT2D eigenvalue weighted by atomic mass is 9.78. The average molecular weight is 501 g/mol. The highest BCUT2D eigenvalue weighted by Crippen LogP contribution is 2.39.